The molecule has 0 amide bonds. The van der Waals surface area contributed by atoms with Gasteiger partial charge in [-0.15, -0.1) is 0 Å². The van der Waals surface area contributed by atoms with Crippen molar-refractivity contribution in [3.05, 3.63) is 65.1 Å². The van der Waals surface area contributed by atoms with Gasteiger partial charge in [0.1, 0.15) is 34.6 Å². The fraction of sp³-hybridized carbons (Fsp3) is 0.370. The van der Waals surface area contributed by atoms with Crippen molar-refractivity contribution >= 4 is 11.8 Å². The summed E-state index contributed by atoms with van der Waals surface area (Å²) in [4.78, 5) is 23.6. The van der Waals surface area contributed by atoms with Crippen molar-refractivity contribution in [3.8, 4) is 23.0 Å². The van der Waals surface area contributed by atoms with Crippen LogP contribution in [0.1, 0.15) is 41.3 Å². The third-order valence-corrected chi connectivity index (χ3v) is 5.41. The van der Waals surface area contributed by atoms with Gasteiger partial charge in [0.05, 0.1) is 34.5 Å². The van der Waals surface area contributed by atoms with E-state index < -0.39 is 5.97 Å². The second-order valence-electron chi connectivity index (χ2n) is 8.32. The lowest BCUT2D eigenvalue weighted by Gasteiger charge is -2.26. The Labute approximate surface area is 211 Å². The predicted molar refractivity (Wildman–Crippen MR) is 136 cm³/mol. The Morgan fingerprint density at radius 1 is 0.806 bits per heavy atom. The standard InChI is InChI=1S/C27H33N3O6/c1-17(2)36-27(31)23-14-26(29-18(3)28-23)30(15-19-8-10-21(32-4)12-24(19)34-6)16-20-9-11-22(33-5)13-25(20)35-7/h8-14,17H,15-16H2,1-7H3. The zero-order valence-electron chi connectivity index (χ0n) is 21.8. The molecule has 0 aliphatic rings. The van der Waals surface area contributed by atoms with Gasteiger partial charge >= 0.3 is 5.97 Å². The van der Waals surface area contributed by atoms with Crippen molar-refractivity contribution in [2.75, 3.05) is 33.3 Å². The fourth-order valence-electron chi connectivity index (χ4n) is 3.69. The van der Waals surface area contributed by atoms with Crippen LogP contribution in [0.4, 0.5) is 5.82 Å². The molecular weight excluding hydrogens is 462 g/mol. The molecule has 0 fully saturated rings. The number of methoxy groups -OCH3 is 4. The van der Waals surface area contributed by atoms with E-state index in [4.69, 9.17) is 23.7 Å². The first-order valence-corrected chi connectivity index (χ1v) is 11.5. The van der Waals surface area contributed by atoms with Crippen molar-refractivity contribution in [3.63, 3.8) is 0 Å². The number of carbonyl (C=O) groups is 1. The Morgan fingerprint density at radius 3 is 1.78 bits per heavy atom. The van der Waals surface area contributed by atoms with Crippen molar-refractivity contribution in [2.24, 2.45) is 0 Å². The highest BCUT2D eigenvalue weighted by molar-refractivity contribution is 5.88. The van der Waals surface area contributed by atoms with Crippen LogP contribution < -0.4 is 23.8 Å². The largest absolute Gasteiger partial charge is 0.497 e. The molecule has 0 aliphatic carbocycles. The molecule has 192 valence electrons. The average Bonchev–Trinajstić information content (AvgIpc) is 2.87. The van der Waals surface area contributed by atoms with E-state index in [9.17, 15) is 4.79 Å². The van der Waals surface area contributed by atoms with E-state index in [0.717, 1.165) is 11.1 Å². The molecule has 3 rings (SSSR count). The van der Waals surface area contributed by atoms with Crippen LogP contribution in [0.2, 0.25) is 0 Å². The summed E-state index contributed by atoms with van der Waals surface area (Å²) >= 11 is 0. The lowest BCUT2D eigenvalue weighted by Crippen LogP contribution is -2.25. The van der Waals surface area contributed by atoms with Crippen molar-refractivity contribution < 1.29 is 28.5 Å². The molecule has 0 spiro atoms. The van der Waals surface area contributed by atoms with Crippen LogP contribution in [0.5, 0.6) is 23.0 Å². The highest BCUT2D eigenvalue weighted by Crippen LogP contribution is 2.31. The number of aromatic nitrogens is 2. The number of anilines is 1. The molecule has 9 nitrogen and oxygen atoms in total. The van der Waals surface area contributed by atoms with E-state index in [2.05, 4.69) is 9.97 Å². The Balaban J connectivity index is 2.07. The summed E-state index contributed by atoms with van der Waals surface area (Å²) < 4.78 is 27.3. The number of hydrogen-bond donors (Lipinski definition) is 0. The third kappa shape index (κ3) is 6.56. The molecule has 0 N–H and O–H groups in total. The molecule has 0 saturated carbocycles. The highest BCUT2D eigenvalue weighted by atomic mass is 16.5. The SMILES string of the molecule is COc1ccc(CN(Cc2ccc(OC)cc2OC)c2cc(C(=O)OC(C)C)nc(C)n2)c(OC)c1. The van der Waals surface area contributed by atoms with Gasteiger partial charge in [-0.3, -0.25) is 0 Å². The molecule has 2 aromatic carbocycles. The van der Waals surface area contributed by atoms with Gasteiger partial charge in [0, 0.05) is 42.4 Å². The van der Waals surface area contributed by atoms with Gasteiger partial charge < -0.3 is 28.6 Å². The Hall–Kier alpha value is -4.01. The molecular formula is C27H33N3O6. The van der Waals surface area contributed by atoms with Crippen LogP contribution in [0.15, 0.2) is 42.5 Å². The van der Waals surface area contributed by atoms with Gasteiger partial charge in [0.2, 0.25) is 0 Å². The van der Waals surface area contributed by atoms with Crippen molar-refractivity contribution in [1.29, 1.82) is 0 Å². The van der Waals surface area contributed by atoms with Gasteiger partial charge in [0.25, 0.3) is 0 Å². The summed E-state index contributed by atoms with van der Waals surface area (Å²) in [5.41, 5.74) is 2.02. The Morgan fingerprint density at radius 2 is 1.33 bits per heavy atom. The molecule has 1 aromatic heterocycles. The van der Waals surface area contributed by atoms with Crippen molar-refractivity contribution in [1.82, 2.24) is 9.97 Å². The highest BCUT2D eigenvalue weighted by Gasteiger charge is 2.20. The normalized spacial score (nSPS) is 10.7. The molecule has 36 heavy (non-hydrogen) atoms. The molecule has 3 aromatic rings. The average molecular weight is 496 g/mol. The predicted octanol–water partition coefficient (Wildman–Crippen LogP) is 4.59. The van der Waals surface area contributed by atoms with Crippen molar-refractivity contribution in [2.45, 2.75) is 40.0 Å². The van der Waals surface area contributed by atoms with Gasteiger partial charge in [-0.1, -0.05) is 0 Å². The number of aryl methyl sites for hydroxylation is 1. The maximum atomic E-state index is 12.6. The number of esters is 1. The van der Waals surface area contributed by atoms with Crippen LogP contribution in [0, 0.1) is 6.92 Å². The summed E-state index contributed by atoms with van der Waals surface area (Å²) in [5, 5.41) is 0. The van der Waals surface area contributed by atoms with Crippen LogP contribution in [-0.4, -0.2) is 50.5 Å². The second kappa shape index (κ2) is 12.1. The zero-order valence-corrected chi connectivity index (χ0v) is 21.8. The first-order valence-electron chi connectivity index (χ1n) is 11.5. The first-order chi connectivity index (χ1) is 17.3. The van der Waals surface area contributed by atoms with Gasteiger partial charge in [0.15, 0.2) is 5.69 Å². The number of nitrogens with zero attached hydrogens (tertiary/aromatic N) is 3. The monoisotopic (exact) mass is 495 g/mol. The van der Waals surface area contributed by atoms with E-state index in [1.165, 1.54) is 0 Å². The van der Waals surface area contributed by atoms with Crippen LogP contribution in [-0.2, 0) is 17.8 Å². The molecule has 0 unspecified atom stereocenters. The van der Waals surface area contributed by atoms with Gasteiger partial charge in [-0.25, -0.2) is 14.8 Å². The Kier molecular flexibility index (Phi) is 8.94. The van der Waals surface area contributed by atoms with E-state index >= 15 is 0 Å². The number of benzene rings is 2. The maximum absolute atomic E-state index is 12.6. The molecule has 0 radical (unpaired) electrons. The molecule has 0 bridgehead atoms. The maximum Gasteiger partial charge on any atom is 0.357 e. The quantitative estimate of drug-likeness (QED) is 0.354. The van der Waals surface area contributed by atoms with Gasteiger partial charge in [-0.05, 0) is 45.0 Å². The lowest BCUT2D eigenvalue weighted by atomic mass is 10.1. The summed E-state index contributed by atoms with van der Waals surface area (Å²) in [6, 6.07) is 12.9. The minimum absolute atomic E-state index is 0.194. The Bertz CT molecular complexity index is 1140. The smallest absolute Gasteiger partial charge is 0.357 e. The minimum atomic E-state index is -0.499. The number of carbonyl (C=O) groups excluding carboxylic acids is 1. The summed E-state index contributed by atoms with van der Waals surface area (Å²) in [6.45, 7) is 6.20. The molecule has 1 heterocycles. The van der Waals surface area contributed by atoms with E-state index in [1.807, 2.05) is 41.3 Å². The van der Waals surface area contributed by atoms with E-state index in [1.54, 1.807) is 55.3 Å². The van der Waals surface area contributed by atoms with E-state index in [0.29, 0.717) is 47.7 Å². The number of ether oxygens (including phenoxy) is 5. The molecule has 0 saturated heterocycles. The van der Waals surface area contributed by atoms with Crippen LogP contribution >= 0.6 is 0 Å². The fourth-order valence-corrected chi connectivity index (χ4v) is 3.69. The minimum Gasteiger partial charge on any atom is -0.497 e. The molecule has 9 heteroatoms. The first kappa shape index (κ1) is 26.6. The topological polar surface area (TPSA) is 92.2 Å². The van der Waals surface area contributed by atoms with Crippen LogP contribution in [0.3, 0.4) is 0 Å². The second-order valence-corrected chi connectivity index (χ2v) is 8.32. The molecule has 0 aliphatic heterocycles. The number of hydrogen-bond acceptors (Lipinski definition) is 9. The summed E-state index contributed by atoms with van der Waals surface area (Å²) in [5.74, 6) is 3.25. The summed E-state index contributed by atoms with van der Waals surface area (Å²) in [6.07, 6.45) is -0.264. The number of rotatable bonds is 11. The lowest BCUT2D eigenvalue weighted by molar-refractivity contribution is 0.0370. The van der Waals surface area contributed by atoms with Gasteiger partial charge in [-0.2, -0.15) is 0 Å². The zero-order chi connectivity index (χ0) is 26.2. The van der Waals surface area contributed by atoms with Crippen LogP contribution in [0.25, 0.3) is 0 Å². The summed E-state index contributed by atoms with van der Waals surface area (Å²) in [7, 11) is 6.45. The van der Waals surface area contributed by atoms with E-state index in [-0.39, 0.29) is 11.8 Å². The third-order valence-electron chi connectivity index (χ3n) is 5.41. The molecule has 0 atom stereocenters.